The van der Waals surface area contributed by atoms with Gasteiger partial charge in [0.2, 0.25) is 0 Å². The summed E-state index contributed by atoms with van der Waals surface area (Å²) in [6.07, 6.45) is 2.50. The molecule has 0 aliphatic carbocycles. The Bertz CT molecular complexity index is 1770. The third-order valence-corrected chi connectivity index (χ3v) is 8.52. The molecule has 8 nitrogen and oxygen atoms in total. The topological polar surface area (TPSA) is 98.2 Å². The summed E-state index contributed by atoms with van der Waals surface area (Å²) < 4.78 is 32.2. The van der Waals surface area contributed by atoms with E-state index in [9.17, 15) is 19.1 Å². The van der Waals surface area contributed by atoms with Gasteiger partial charge in [0.1, 0.15) is 23.4 Å². The molecule has 10 heteroatoms. The van der Waals surface area contributed by atoms with Crippen molar-refractivity contribution in [2.24, 2.45) is 0 Å². The van der Waals surface area contributed by atoms with E-state index in [1.54, 1.807) is 36.4 Å². The third-order valence-electron chi connectivity index (χ3n) is 7.50. The Labute approximate surface area is 252 Å². The van der Waals surface area contributed by atoms with E-state index < -0.39 is 23.5 Å². The molecule has 1 N–H and O–H groups in total. The zero-order valence-electron chi connectivity index (χ0n) is 24.1. The van der Waals surface area contributed by atoms with Crippen LogP contribution in [-0.4, -0.2) is 41.1 Å². The minimum absolute atomic E-state index is 0.00288. The minimum atomic E-state index is -1.03. The zero-order valence-corrected chi connectivity index (χ0v) is 24.9. The predicted molar refractivity (Wildman–Crippen MR) is 163 cm³/mol. The lowest BCUT2D eigenvalue weighted by Crippen LogP contribution is -2.29. The molecule has 3 heterocycles. The number of hydrogen-bond acceptors (Lipinski definition) is 8. The van der Waals surface area contributed by atoms with Crippen LogP contribution in [0.1, 0.15) is 56.3 Å². The van der Waals surface area contributed by atoms with Crippen molar-refractivity contribution in [3.63, 3.8) is 0 Å². The van der Waals surface area contributed by atoms with Gasteiger partial charge in [-0.1, -0.05) is 30.7 Å². The number of rotatable bonds is 9. The lowest BCUT2D eigenvalue weighted by molar-refractivity contribution is -0.132. The van der Waals surface area contributed by atoms with Crippen molar-refractivity contribution in [3.8, 4) is 17.2 Å². The van der Waals surface area contributed by atoms with E-state index >= 15 is 0 Å². The Kier molecular flexibility index (Phi) is 7.79. The number of Topliss-reactive ketones (excluding diaryl/α,β-unsaturated/α-hetero) is 1. The number of halogens is 1. The number of benzene rings is 3. The van der Waals surface area contributed by atoms with Crippen molar-refractivity contribution < 1.29 is 33.3 Å². The molecule has 3 aromatic carbocycles. The number of hydrogen-bond donors (Lipinski definition) is 1. The molecule has 1 aromatic heterocycles. The number of carbonyl (C=O) groups excluding carboxylic acids is 2. The van der Waals surface area contributed by atoms with Gasteiger partial charge in [0, 0.05) is 12.0 Å². The van der Waals surface area contributed by atoms with Crippen LogP contribution in [0.2, 0.25) is 0 Å². The second kappa shape index (κ2) is 11.7. The number of ether oxygens (including phenoxy) is 3. The molecular weight excluding hydrogens is 571 g/mol. The summed E-state index contributed by atoms with van der Waals surface area (Å²) in [5.74, 6) is -0.707. The van der Waals surface area contributed by atoms with E-state index in [4.69, 9.17) is 14.2 Å². The molecule has 1 amide bonds. The van der Waals surface area contributed by atoms with Crippen LogP contribution < -0.4 is 19.1 Å². The summed E-state index contributed by atoms with van der Waals surface area (Å²) >= 11 is 1.10. The molecule has 2 unspecified atom stereocenters. The molecule has 0 spiro atoms. The first-order valence-electron chi connectivity index (χ1n) is 14.4. The fourth-order valence-electron chi connectivity index (χ4n) is 5.47. The summed E-state index contributed by atoms with van der Waals surface area (Å²) in [4.78, 5) is 33.3. The maximum atomic E-state index is 14.0. The van der Waals surface area contributed by atoms with Crippen molar-refractivity contribution in [3.05, 3.63) is 82.7 Å². The summed E-state index contributed by atoms with van der Waals surface area (Å²) in [5.41, 5.74) is 2.24. The number of nitrogens with zero attached hydrogens (tertiary/aromatic N) is 2. The monoisotopic (exact) mass is 602 g/mol. The quantitative estimate of drug-likeness (QED) is 0.0957. The number of aliphatic hydroxyl groups excluding tert-OH is 1. The van der Waals surface area contributed by atoms with Crippen molar-refractivity contribution in [2.75, 3.05) is 18.1 Å². The zero-order chi connectivity index (χ0) is 30.2. The largest absolute Gasteiger partial charge is 0.507 e. The standard InChI is InChI=1S/C33H31FN2O6S/c1-4-6-13-41-25-12-7-19(16-26(25)40-5-2)29-28(30(37)20-8-11-24-21(15-20)14-18(3)42-24)31(38)32(39)36(29)33-35-23-10-9-22(34)17-27(23)43-33/h7-12,15-18,29,37H,4-6,13-14H2,1-3H3/b30-28-. The highest BCUT2D eigenvalue weighted by atomic mass is 32.1. The predicted octanol–water partition coefficient (Wildman–Crippen LogP) is 6.96. The Morgan fingerprint density at radius 1 is 1.09 bits per heavy atom. The van der Waals surface area contributed by atoms with Crippen LogP contribution in [-0.2, 0) is 16.0 Å². The maximum Gasteiger partial charge on any atom is 0.301 e. The Hall–Kier alpha value is -4.44. The molecule has 0 bridgehead atoms. The van der Waals surface area contributed by atoms with Crippen molar-refractivity contribution in [1.82, 2.24) is 4.98 Å². The first-order valence-corrected chi connectivity index (χ1v) is 15.2. The van der Waals surface area contributed by atoms with Gasteiger partial charge in [0.15, 0.2) is 16.6 Å². The van der Waals surface area contributed by atoms with Gasteiger partial charge < -0.3 is 19.3 Å². The van der Waals surface area contributed by atoms with Crippen LogP contribution in [0.15, 0.2) is 60.2 Å². The number of anilines is 1. The van der Waals surface area contributed by atoms with Crippen molar-refractivity contribution in [1.29, 1.82) is 0 Å². The number of aromatic nitrogens is 1. The van der Waals surface area contributed by atoms with E-state index in [2.05, 4.69) is 11.9 Å². The van der Waals surface area contributed by atoms with E-state index in [0.717, 1.165) is 35.5 Å². The number of thiazole rings is 1. The number of ketones is 1. The summed E-state index contributed by atoms with van der Waals surface area (Å²) in [5, 5.41) is 11.9. The fraction of sp³-hybridized carbons (Fsp3) is 0.303. The van der Waals surface area contributed by atoms with Crippen LogP contribution in [0.4, 0.5) is 9.52 Å². The SMILES string of the molecule is CCCCOc1ccc(C2/C(=C(/O)c3ccc4c(c3)CC(C)O4)C(=O)C(=O)N2c2nc3ccc(F)cc3s2)cc1OCC. The summed E-state index contributed by atoms with van der Waals surface area (Å²) in [6, 6.07) is 13.6. The lowest BCUT2D eigenvalue weighted by atomic mass is 9.94. The number of unbranched alkanes of at least 4 members (excludes halogenated alkanes) is 1. The smallest absolute Gasteiger partial charge is 0.301 e. The number of aliphatic hydroxyl groups is 1. The Balaban J connectivity index is 1.51. The van der Waals surface area contributed by atoms with Gasteiger partial charge in [0.05, 0.1) is 35.0 Å². The molecule has 2 aliphatic heterocycles. The van der Waals surface area contributed by atoms with Crippen LogP contribution in [0.5, 0.6) is 17.2 Å². The van der Waals surface area contributed by atoms with E-state index in [0.29, 0.717) is 52.5 Å². The first-order chi connectivity index (χ1) is 20.8. The molecule has 2 atom stereocenters. The molecule has 1 fully saturated rings. The van der Waals surface area contributed by atoms with Gasteiger partial charge in [-0.25, -0.2) is 9.37 Å². The van der Waals surface area contributed by atoms with Crippen LogP contribution in [0.25, 0.3) is 16.0 Å². The van der Waals surface area contributed by atoms with Crippen LogP contribution in [0, 0.1) is 5.82 Å². The number of carbonyl (C=O) groups is 2. The molecule has 1 saturated heterocycles. The molecule has 0 saturated carbocycles. The van der Waals surface area contributed by atoms with Crippen LogP contribution >= 0.6 is 11.3 Å². The average molecular weight is 603 g/mol. The summed E-state index contributed by atoms with van der Waals surface area (Å²) in [6.45, 7) is 6.77. The first kappa shape index (κ1) is 28.7. The van der Waals surface area contributed by atoms with Crippen molar-refractivity contribution in [2.45, 2.75) is 52.2 Å². The second-order valence-corrected chi connectivity index (χ2v) is 11.6. The Morgan fingerprint density at radius 2 is 1.93 bits per heavy atom. The molecule has 6 rings (SSSR count). The molecule has 222 valence electrons. The third kappa shape index (κ3) is 5.31. The molecular formula is C33H31FN2O6S. The fourth-order valence-corrected chi connectivity index (χ4v) is 6.49. The molecule has 43 heavy (non-hydrogen) atoms. The number of amides is 1. The van der Waals surface area contributed by atoms with Gasteiger partial charge in [-0.2, -0.15) is 0 Å². The minimum Gasteiger partial charge on any atom is -0.507 e. The van der Waals surface area contributed by atoms with Gasteiger partial charge in [0.25, 0.3) is 5.78 Å². The Morgan fingerprint density at radius 3 is 2.72 bits per heavy atom. The number of fused-ring (bicyclic) bond motifs is 2. The highest BCUT2D eigenvalue weighted by Gasteiger charge is 2.48. The highest BCUT2D eigenvalue weighted by Crippen LogP contribution is 2.46. The maximum absolute atomic E-state index is 14.0. The highest BCUT2D eigenvalue weighted by molar-refractivity contribution is 7.22. The lowest BCUT2D eigenvalue weighted by Gasteiger charge is -2.24. The van der Waals surface area contributed by atoms with Gasteiger partial charge >= 0.3 is 5.91 Å². The second-order valence-electron chi connectivity index (χ2n) is 10.6. The van der Waals surface area contributed by atoms with Gasteiger partial charge in [-0.15, -0.1) is 0 Å². The molecule has 0 radical (unpaired) electrons. The molecule has 4 aromatic rings. The molecule has 2 aliphatic rings. The average Bonchev–Trinajstić information content (AvgIpc) is 3.65. The van der Waals surface area contributed by atoms with E-state index in [1.807, 2.05) is 13.8 Å². The van der Waals surface area contributed by atoms with Crippen LogP contribution in [0.3, 0.4) is 0 Å². The van der Waals surface area contributed by atoms with E-state index in [1.165, 1.54) is 23.1 Å². The summed E-state index contributed by atoms with van der Waals surface area (Å²) in [7, 11) is 0. The normalized spacial score (nSPS) is 19.1. The van der Waals surface area contributed by atoms with E-state index in [-0.39, 0.29) is 22.6 Å². The van der Waals surface area contributed by atoms with Gasteiger partial charge in [-0.3, -0.25) is 14.5 Å². The van der Waals surface area contributed by atoms with Crippen molar-refractivity contribution >= 4 is 44.1 Å². The van der Waals surface area contributed by atoms with Gasteiger partial charge in [-0.05, 0) is 79.9 Å².